The SMILES string of the molecule is CC1CNCCC1(O)Cc1nc2ccccc2s1. The first-order valence-corrected chi connectivity index (χ1v) is 7.26. The minimum atomic E-state index is -0.598. The Balaban J connectivity index is 1.86. The molecule has 1 aliphatic rings. The van der Waals surface area contributed by atoms with Crippen molar-refractivity contribution in [2.75, 3.05) is 13.1 Å². The van der Waals surface area contributed by atoms with Crippen molar-refractivity contribution < 1.29 is 5.11 Å². The van der Waals surface area contributed by atoms with E-state index in [0.29, 0.717) is 6.42 Å². The summed E-state index contributed by atoms with van der Waals surface area (Å²) in [6, 6.07) is 8.16. The first kappa shape index (κ1) is 12.1. The molecule has 1 aliphatic heterocycles. The van der Waals surface area contributed by atoms with Gasteiger partial charge in [0.15, 0.2) is 0 Å². The van der Waals surface area contributed by atoms with E-state index in [4.69, 9.17) is 0 Å². The van der Waals surface area contributed by atoms with Crippen LogP contribution in [0.25, 0.3) is 10.2 Å². The summed E-state index contributed by atoms with van der Waals surface area (Å²) in [5, 5.41) is 15.1. The van der Waals surface area contributed by atoms with Gasteiger partial charge in [0, 0.05) is 13.0 Å². The molecule has 1 saturated heterocycles. The number of thiazole rings is 1. The van der Waals surface area contributed by atoms with Crippen molar-refractivity contribution in [3.05, 3.63) is 29.3 Å². The number of nitrogens with one attached hydrogen (secondary N) is 1. The van der Waals surface area contributed by atoms with Crippen LogP contribution in [0.2, 0.25) is 0 Å². The lowest BCUT2D eigenvalue weighted by Gasteiger charge is -2.38. The zero-order valence-corrected chi connectivity index (χ0v) is 11.3. The number of aliphatic hydroxyl groups is 1. The van der Waals surface area contributed by atoms with Crippen LogP contribution in [0.4, 0.5) is 0 Å². The lowest BCUT2D eigenvalue weighted by Crippen LogP contribution is -2.50. The molecule has 3 nitrogen and oxygen atoms in total. The smallest absolute Gasteiger partial charge is 0.0967 e. The molecule has 1 aromatic carbocycles. The van der Waals surface area contributed by atoms with Crippen molar-refractivity contribution in [2.45, 2.75) is 25.4 Å². The number of aromatic nitrogens is 1. The summed E-state index contributed by atoms with van der Waals surface area (Å²) in [6.07, 6.45) is 1.49. The molecule has 2 atom stereocenters. The molecular weight excluding hydrogens is 244 g/mol. The molecule has 0 bridgehead atoms. The highest BCUT2D eigenvalue weighted by atomic mass is 32.1. The Morgan fingerprint density at radius 1 is 1.50 bits per heavy atom. The van der Waals surface area contributed by atoms with Crippen LogP contribution >= 0.6 is 11.3 Å². The van der Waals surface area contributed by atoms with Crippen molar-refractivity contribution in [3.63, 3.8) is 0 Å². The van der Waals surface area contributed by atoms with Gasteiger partial charge in [-0.2, -0.15) is 0 Å². The molecular formula is C14H18N2OS. The van der Waals surface area contributed by atoms with Gasteiger partial charge >= 0.3 is 0 Å². The maximum absolute atomic E-state index is 10.7. The number of benzene rings is 1. The number of hydrogen-bond donors (Lipinski definition) is 2. The second kappa shape index (κ2) is 4.61. The second-order valence-electron chi connectivity index (χ2n) is 5.21. The van der Waals surface area contributed by atoms with Gasteiger partial charge < -0.3 is 10.4 Å². The van der Waals surface area contributed by atoms with Crippen molar-refractivity contribution in [3.8, 4) is 0 Å². The van der Waals surface area contributed by atoms with Gasteiger partial charge in [-0.15, -0.1) is 11.3 Å². The molecule has 0 spiro atoms. The van der Waals surface area contributed by atoms with Crippen molar-refractivity contribution >= 4 is 21.6 Å². The van der Waals surface area contributed by atoms with Gasteiger partial charge in [0.2, 0.25) is 0 Å². The van der Waals surface area contributed by atoms with Gasteiger partial charge in [0.05, 0.1) is 20.8 Å². The molecule has 3 rings (SSSR count). The largest absolute Gasteiger partial charge is 0.389 e. The van der Waals surface area contributed by atoms with E-state index >= 15 is 0 Å². The average Bonchev–Trinajstić information content (AvgIpc) is 2.75. The Bertz CT molecular complexity index is 520. The van der Waals surface area contributed by atoms with Gasteiger partial charge in [-0.05, 0) is 31.0 Å². The van der Waals surface area contributed by atoms with Crippen LogP contribution in [0.1, 0.15) is 18.4 Å². The van der Waals surface area contributed by atoms with Crippen LogP contribution in [-0.2, 0) is 6.42 Å². The predicted molar refractivity (Wildman–Crippen MR) is 74.9 cm³/mol. The summed E-state index contributed by atoms with van der Waals surface area (Å²) in [5.41, 5.74) is 0.446. The quantitative estimate of drug-likeness (QED) is 0.872. The van der Waals surface area contributed by atoms with Crippen LogP contribution in [0, 0.1) is 5.92 Å². The molecule has 1 fully saturated rings. The van der Waals surface area contributed by atoms with Crippen molar-refractivity contribution in [1.29, 1.82) is 0 Å². The molecule has 2 unspecified atom stereocenters. The number of nitrogens with zero attached hydrogens (tertiary/aromatic N) is 1. The van der Waals surface area contributed by atoms with Gasteiger partial charge in [-0.1, -0.05) is 19.1 Å². The van der Waals surface area contributed by atoms with Crippen LogP contribution in [0.15, 0.2) is 24.3 Å². The Kier molecular flexibility index (Phi) is 3.09. The lowest BCUT2D eigenvalue weighted by atomic mass is 9.81. The van der Waals surface area contributed by atoms with E-state index < -0.39 is 5.60 Å². The summed E-state index contributed by atoms with van der Waals surface area (Å²) in [6.45, 7) is 3.90. The topological polar surface area (TPSA) is 45.1 Å². The van der Waals surface area contributed by atoms with Gasteiger partial charge in [-0.25, -0.2) is 4.98 Å². The van der Waals surface area contributed by atoms with Crippen LogP contribution in [0.3, 0.4) is 0 Å². The Hall–Kier alpha value is -0.970. The van der Waals surface area contributed by atoms with E-state index in [-0.39, 0.29) is 5.92 Å². The van der Waals surface area contributed by atoms with Gasteiger partial charge in [0.25, 0.3) is 0 Å². The highest BCUT2D eigenvalue weighted by molar-refractivity contribution is 7.18. The molecule has 0 radical (unpaired) electrons. The van der Waals surface area contributed by atoms with Crippen molar-refractivity contribution in [2.24, 2.45) is 5.92 Å². The van der Waals surface area contributed by atoms with E-state index in [1.54, 1.807) is 11.3 Å². The molecule has 2 heterocycles. The maximum Gasteiger partial charge on any atom is 0.0967 e. The summed E-state index contributed by atoms with van der Waals surface area (Å²) in [4.78, 5) is 4.62. The molecule has 0 aliphatic carbocycles. The Morgan fingerprint density at radius 2 is 2.33 bits per heavy atom. The number of rotatable bonds is 2. The number of hydrogen-bond acceptors (Lipinski definition) is 4. The first-order valence-electron chi connectivity index (χ1n) is 6.45. The molecule has 0 saturated carbocycles. The first-order chi connectivity index (χ1) is 8.67. The molecule has 18 heavy (non-hydrogen) atoms. The number of fused-ring (bicyclic) bond motifs is 1. The lowest BCUT2D eigenvalue weighted by molar-refractivity contribution is -0.0329. The normalized spacial score (nSPS) is 28.7. The van der Waals surface area contributed by atoms with Gasteiger partial charge in [0.1, 0.15) is 0 Å². The average molecular weight is 262 g/mol. The number of piperidine rings is 1. The zero-order valence-electron chi connectivity index (χ0n) is 10.5. The second-order valence-corrected chi connectivity index (χ2v) is 6.33. The van der Waals surface area contributed by atoms with Crippen LogP contribution in [0.5, 0.6) is 0 Å². The predicted octanol–water partition coefficient (Wildman–Crippen LogP) is 2.20. The fraction of sp³-hybridized carbons (Fsp3) is 0.500. The van der Waals surface area contributed by atoms with E-state index in [9.17, 15) is 5.11 Å². The summed E-state index contributed by atoms with van der Waals surface area (Å²) in [5.74, 6) is 0.276. The molecule has 1 aromatic heterocycles. The molecule has 2 aromatic rings. The summed E-state index contributed by atoms with van der Waals surface area (Å²) < 4.78 is 1.21. The highest BCUT2D eigenvalue weighted by Gasteiger charge is 2.36. The third kappa shape index (κ3) is 2.16. The standard InChI is InChI=1S/C14H18N2OS/c1-10-9-15-7-6-14(10,17)8-13-16-11-4-2-3-5-12(11)18-13/h2-5,10,15,17H,6-9H2,1H3. The van der Waals surface area contributed by atoms with E-state index in [1.807, 2.05) is 18.2 Å². The third-order valence-corrected chi connectivity index (χ3v) is 4.93. The van der Waals surface area contributed by atoms with Gasteiger partial charge in [-0.3, -0.25) is 0 Å². The Labute approximate surface area is 111 Å². The minimum absolute atomic E-state index is 0.276. The fourth-order valence-electron chi connectivity index (χ4n) is 2.58. The van der Waals surface area contributed by atoms with E-state index in [1.165, 1.54) is 4.70 Å². The molecule has 96 valence electrons. The number of para-hydroxylation sites is 1. The minimum Gasteiger partial charge on any atom is -0.389 e. The third-order valence-electron chi connectivity index (χ3n) is 3.90. The molecule has 2 N–H and O–H groups in total. The summed E-state index contributed by atoms with van der Waals surface area (Å²) in [7, 11) is 0. The molecule has 4 heteroatoms. The zero-order chi connectivity index (χ0) is 12.6. The van der Waals surface area contributed by atoms with E-state index in [0.717, 1.165) is 30.0 Å². The molecule has 0 amide bonds. The van der Waals surface area contributed by atoms with Crippen LogP contribution < -0.4 is 5.32 Å². The Morgan fingerprint density at radius 3 is 3.11 bits per heavy atom. The maximum atomic E-state index is 10.7. The fourth-order valence-corrected chi connectivity index (χ4v) is 3.66. The summed E-state index contributed by atoms with van der Waals surface area (Å²) >= 11 is 1.70. The monoisotopic (exact) mass is 262 g/mol. The highest BCUT2D eigenvalue weighted by Crippen LogP contribution is 2.31. The van der Waals surface area contributed by atoms with Crippen LogP contribution in [-0.4, -0.2) is 28.8 Å². The van der Waals surface area contributed by atoms with E-state index in [2.05, 4.69) is 23.3 Å². The van der Waals surface area contributed by atoms with Crippen molar-refractivity contribution in [1.82, 2.24) is 10.3 Å².